The van der Waals surface area contributed by atoms with Gasteiger partial charge in [0.2, 0.25) is 6.79 Å². The van der Waals surface area contributed by atoms with Crippen LogP contribution in [0.1, 0.15) is 20.3 Å². The number of rotatable bonds is 5. The fourth-order valence-electron chi connectivity index (χ4n) is 0.686. The minimum atomic E-state index is -0.622. The minimum absolute atomic E-state index is 0.226. The Balaban J connectivity index is 4.06. The van der Waals surface area contributed by atoms with Crippen molar-refractivity contribution in [2.75, 3.05) is 6.79 Å². The van der Waals surface area contributed by atoms with E-state index in [1.807, 2.05) is 6.92 Å². The van der Waals surface area contributed by atoms with Gasteiger partial charge in [0, 0.05) is 13.1 Å². The first-order chi connectivity index (χ1) is 7.11. The Morgan fingerprint density at radius 3 is 2.47 bits per heavy atom. The summed E-state index contributed by atoms with van der Waals surface area (Å²) in [5.41, 5.74) is 5.45. The van der Waals surface area contributed by atoms with E-state index >= 15 is 0 Å². The highest BCUT2D eigenvalue weighted by Crippen LogP contribution is 2.00. The number of carbonyl (C=O) groups excluding carboxylic acids is 2. The van der Waals surface area contributed by atoms with Gasteiger partial charge in [-0.1, -0.05) is 19.1 Å². The van der Waals surface area contributed by atoms with Crippen LogP contribution in [0, 0.1) is 0 Å². The molecule has 0 saturated carbocycles. The lowest BCUT2D eigenvalue weighted by molar-refractivity contribution is -0.162. The van der Waals surface area contributed by atoms with Crippen molar-refractivity contribution in [3.05, 3.63) is 23.9 Å². The fourth-order valence-corrected chi connectivity index (χ4v) is 0.686. The quantitative estimate of drug-likeness (QED) is 0.317. The Morgan fingerprint density at radius 2 is 2.00 bits per heavy atom. The van der Waals surface area contributed by atoms with Crippen LogP contribution in [0.2, 0.25) is 0 Å². The Bertz CT molecular complexity index is 281. The SMILES string of the molecule is CC/C=C\C(=C/N)C(=O)OCOC(C)=O. The summed E-state index contributed by atoms with van der Waals surface area (Å²) in [5, 5.41) is 0. The molecule has 0 aliphatic rings. The summed E-state index contributed by atoms with van der Waals surface area (Å²) in [6.45, 7) is 2.75. The van der Waals surface area contributed by atoms with Gasteiger partial charge in [0.25, 0.3) is 0 Å². The van der Waals surface area contributed by atoms with Crippen molar-refractivity contribution in [2.45, 2.75) is 20.3 Å². The summed E-state index contributed by atoms with van der Waals surface area (Å²) < 4.78 is 9.06. The number of esters is 2. The smallest absolute Gasteiger partial charge is 0.342 e. The zero-order chi connectivity index (χ0) is 11.7. The fraction of sp³-hybridized carbons (Fsp3) is 0.400. The Morgan fingerprint density at radius 1 is 1.33 bits per heavy atom. The first-order valence-electron chi connectivity index (χ1n) is 4.50. The molecule has 5 heteroatoms. The maximum Gasteiger partial charge on any atom is 0.342 e. The van der Waals surface area contributed by atoms with Crippen LogP contribution < -0.4 is 5.73 Å². The van der Waals surface area contributed by atoms with E-state index in [0.29, 0.717) is 0 Å². The van der Waals surface area contributed by atoms with Gasteiger partial charge >= 0.3 is 11.9 Å². The molecule has 0 aromatic carbocycles. The van der Waals surface area contributed by atoms with Gasteiger partial charge < -0.3 is 15.2 Å². The molecule has 0 unspecified atom stereocenters. The molecule has 0 atom stereocenters. The van der Waals surface area contributed by atoms with Gasteiger partial charge in [-0.05, 0) is 6.42 Å². The highest BCUT2D eigenvalue weighted by atomic mass is 16.7. The molecule has 0 aliphatic carbocycles. The largest absolute Gasteiger partial charge is 0.428 e. The third kappa shape index (κ3) is 6.31. The van der Waals surface area contributed by atoms with Gasteiger partial charge in [0.15, 0.2) is 0 Å². The van der Waals surface area contributed by atoms with Crippen LogP contribution in [0.3, 0.4) is 0 Å². The van der Waals surface area contributed by atoms with Crippen LogP contribution in [-0.4, -0.2) is 18.7 Å². The standard InChI is InChI=1S/C10H15NO4/c1-3-4-5-9(6-11)10(13)15-7-14-8(2)12/h4-6H,3,7,11H2,1-2H3/b5-4-,9-6+. The van der Waals surface area contributed by atoms with E-state index in [1.165, 1.54) is 6.92 Å². The van der Waals surface area contributed by atoms with Gasteiger partial charge in [-0.15, -0.1) is 0 Å². The number of ether oxygens (including phenoxy) is 2. The molecule has 0 aromatic heterocycles. The third-order valence-corrected chi connectivity index (χ3v) is 1.40. The van der Waals surface area contributed by atoms with Gasteiger partial charge in [-0.2, -0.15) is 0 Å². The number of carbonyl (C=O) groups is 2. The van der Waals surface area contributed by atoms with Crippen molar-refractivity contribution < 1.29 is 19.1 Å². The minimum Gasteiger partial charge on any atom is -0.428 e. The highest BCUT2D eigenvalue weighted by molar-refractivity contribution is 5.91. The summed E-state index contributed by atoms with van der Waals surface area (Å²) in [5.74, 6) is -1.13. The summed E-state index contributed by atoms with van der Waals surface area (Å²) in [6, 6.07) is 0. The van der Waals surface area contributed by atoms with Crippen molar-refractivity contribution in [3.8, 4) is 0 Å². The monoisotopic (exact) mass is 213 g/mol. The molecule has 0 spiro atoms. The van der Waals surface area contributed by atoms with Crippen LogP contribution in [0.15, 0.2) is 23.9 Å². The van der Waals surface area contributed by atoms with Crippen LogP contribution in [0.25, 0.3) is 0 Å². The normalized spacial score (nSPS) is 11.5. The molecule has 0 rings (SSSR count). The van der Waals surface area contributed by atoms with Crippen LogP contribution in [0.4, 0.5) is 0 Å². The lowest BCUT2D eigenvalue weighted by atomic mass is 10.2. The second kappa shape index (κ2) is 7.61. The second-order valence-corrected chi connectivity index (χ2v) is 2.62. The number of hydrogen-bond acceptors (Lipinski definition) is 5. The molecule has 0 saturated heterocycles. The van der Waals surface area contributed by atoms with E-state index in [0.717, 1.165) is 12.6 Å². The maximum atomic E-state index is 11.2. The van der Waals surface area contributed by atoms with Crippen molar-refractivity contribution in [1.82, 2.24) is 0 Å². The second-order valence-electron chi connectivity index (χ2n) is 2.62. The lowest BCUT2D eigenvalue weighted by Gasteiger charge is -2.04. The Labute approximate surface area is 88.5 Å². The molecule has 0 aromatic rings. The summed E-state index contributed by atoms with van der Waals surface area (Å²) >= 11 is 0. The van der Waals surface area contributed by atoms with Crippen LogP contribution in [-0.2, 0) is 19.1 Å². The van der Waals surface area contributed by atoms with E-state index in [9.17, 15) is 9.59 Å². The average molecular weight is 213 g/mol. The molecular formula is C10H15NO4. The van der Waals surface area contributed by atoms with E-state index < -0.39 is 18.7 Å². The van der Waals surface area contributed by atoms with Gasteiger partial charge in [0.1, 0.15) is 0 Å². The van der Waals surface area contributed by atoms with E-state index in [2.05, 4.69) is 9.47 Å². The van der Waals surface area contributed by atoms with Crippen LogP contribution in [0.5, 0.6) is 0 Å². The molecule has 0 aliphatic heterocycles. The molecule has 0 amide bonds. The zero-order valence-corrected chi connectivity index (χ0v) is 8.86. The zero-order valence-electron chi connectivity index (χ0n) is 8.86. The van der Waals surface area contributed by atoms with Crippen molar-refractivity contribution in [2.24, 2.45) is 5.73 Å². The molecule has 0 heterocycles. The molecule has 5 nitrogen and oxygen atoms in total. The molecule has 0 fully saturated rings. The first-order valence-corrected chi connectivity index (χ1v) is 4.50. The number of allylic oxidation sites excluding steroid dienone is 1. The van der Waals surface area contributed by atoms with Gasteiger partial charge in [-0.25, -0.2) is 4.79 Å². The predicted octanol–water partition coefficient (Wildman–Crippen LogP) is 0.859. The number of hydrogen-bond donors (Lipinski definition) is 1. The molecule has 0 bridgehead atoms. The summed E-state index contributed by atoms with van der Waals surface area (Å²) in [6.07, 6.45) is 5.25. The lowest BCUT2D eigenvalue weighted by Crippen LogP contribution is -2.12. The maximum absolute atomic E-state index is 11.2. The van der Waals surface area contributed by atoms with Crippen molar-refractivity contribution in [3.63, 3.8) is 0 Å². The van der Waals surface area contributed by atoms with Gasteiger partial charge in [0.05, 0.1) is 5.57 Å². The van der Waals surface area contributed by atoms with Crippen molar-refractivity contribution in [1.29, 1.82) is 0 Å². The van der Waals surface area contributed by atoms with E-state index in [1.54, 1.807) is 12.2 Å². The topological polar surface area (TPSA) is 78.6 Å². The van der Waals surface area contributed by atoms with Crippen molar-refractivity contribution >= 4 is 11.9 Å². The van der Waals surface area contributed by atoms with E-state index in [4.69, 9.17) is 5.73 Å². The third-order valence-electron chi connectivity index (χ3n) is 1.40. The summed E-state index contributed by atoms with van der Waals surface area (Å²) in [7, 11) is 0. The summed E-state index contributed by atoms with van der Waals surface area (Å²) in [4.78, 5) is 21.6. The highest BCUT2D eigenvalue weighted by Gasteiger charge is 2.07. The molecule has 0 radical (unpaired) electrons. The predicted molar refractivity (Wildman–Crippen MR) is 54.4 cm³/mol. The number of nitrogens with two attached hydrogens (primary N) is 1. The molecule has 15 heavy (non-hydrogen) atoms. The first kappa shape index (κ1) is 13.2. The Hall–Kier alpha value is -1.78. The molecule has 2 N–H and O–H groups in total. The van der Waals surface area contributed by atoms with Crippen LogP contribution >= 0.6 is 0 Å². The van der Waals surface area contributed by atoms with Gasteiger partial charge in [-0.3, -0.25) is 4.79 Å². The average Bonchev–Trinajstić information content (AvgIpc) is 2.18. The Kier molecular flexibility index (Phi) is 6.70. The molecule has 84 valence electrons. The van der Waals surface area contributed by atoms with E-state index in [-0.39, 0.29) is 5.57 Å². The molecular weight excluding hydrogens is 198 g/mol.